The first-order valence-corrected chi connectivity index (χ1v) is 8.02. The summed E-state index contributed by atoms with van der Waals surface area (Å²) < 4.78 is 63.0. The SMILES string of the molecule is O=C(O)[C@@H]1C[C@@H](S(=O)(=O)c2cc(C(F)(F)F)ccc2Cl)CN1. The van der Waals surface area contributed by atoms with E-state index in [2.05, 4.69) is 5.32 Å². The maximum atomic E-state index is 12.7. The zero-order valence-corrected chi connectivity index (χ0v) is 12.5. The second kappa shape index (κ2) is 5.71. The van der Waals surface area contributed by atoms with Gasteiger partial charge >= 0.3 is 12.1 Å². The molecule has 1 saturated heterocycles. The predicted molar refractivity (Wildman–Crippen MR) is 71.5 cm³/mol. The Morgan fingerprint density at radius 1 is 1.36 bits per heavy atom. The molecule has 0 amide bonds. The topological polar surface area (TPSA) is 83.5 Å². The van der Waals surface area contributed by atoms with Crippen molar-refractivity contribution in [3.63, 3.8) is 0 Å². The first-order chi connectivity index (χ1) is 10.0. The molecule has 0 saturated carbocycles. The Morgan fingerprint density at radius 3 is 2.50 bits per heavy atom. The minimum Gasteiger partial charge on any atom is -0.480 e. The summed E-state index contributed by atoms with van der Waals surface area (Å²) in [5.41, 5.74) is -1.13. The van der Waals surface area contributed by atoms with Crippen LogP contribution in [0, 0.1) is 0 Å². The fourth-order valence-electron chi connectivity index (χ4n) is 2.21. The summed E-state index contributed by atoms with van der Waals surface area (Å²) in [6.45, 7) is -0.161. The minimum absolute atomic E-state index is 0.161. The van der Waals surface area contributed by atoms with Gasteiger partial charge < -0.3 is 10.4 Å². The number of carbonyl (C=O) groups is 1. The van der Waals surface area contributed by atoms with E-state index in [1.807, 2.05) is 0 Å². The van der Waals surface area contributed by atoms with Crippen LogP contribution in [-0.2, 0) is 20.8 Å². The van der Waals surface area contributed by atoms with E-state index in [9.17, 15) is 26.4 Å². The number of nitrogens with one attached hydrogen (secondary N) is 1. The number of halogens is 4. The Labute approximate surface area is 129 Å². The molecule has 0 spiro atoms. The summed E-state index contributed by atoms with van der Waals surface area (Å²) in [5, 5.41) is 9.87. The highest BCUT2D eigenvalue weighted by atomic mass is 35.5. The lowest BCUT2D eigenvalue weighted by Gasteiger charge is -2.14. The summed E-state index contributed by atoms with van der Waals surface area (Å²) in [6.07, 6.45) is -4.93. The molecule has 2 atom stereocenters. The second-order valence-electron chi connectivity index (χ2n) is 4.84. The number of benzene rings is 1. The van der Waals surface area contributed by atoms with Gasteiger partial charge in [-0.1, -0.05) is 11.6 Å². The average molecular weight is 358 g/mol. The molecule has 2 rings (SSSR count). The monoisotopic (exact) mass is 357 g/mol. The lowest BCUT2D eigenvalue weighted by atomic mass is 10.2. The summed E-state index contributed by atoms with van der Waals surface area (Å²) in [6, 6.07) is 0.985. The maximum Gasteiger partial charge on any atom is 0.416 e. The zero-order valence-electron chi connectivity index (χ0n) is 10.9. The average Bonchev–Trinajstić information content (AvgIpc) is 2.87. The predicted octanol–water partition coefficient (Wildman–Crippen LogP) is 1.95. The van der Waals surface area contributed by atoms with Gasteiger partial charge in [-0.3, -0.25) is 4.79 Å². The van der Waals surface area contributed by atoms with E-state index < -0.39 is 43.7 Å². The third-order valence-electron chi connectivity index (χ3n) is 3.39. The van der Waals surface area contributed by atoms with E-state index in [-0.39, 0.29) is 18.0 Å². The van der Waals surface area contributed by atoms with Gasteiger partial charge in [0.15, 0.2) is 9.84 Å². The molecule has 1 heterocycles. The molecule has 5 nitrogen and oxygen atoms in total. The van der Waals surface area contributed by atoms with Crippen molar-refractivity contribution in [1.29, 1.82) is 0 Å². The van der Waals surface area contributed by atoms with Gasteiger partial charge in [0.2, 0.25) is 0 Å². The lowest BCUT2D eigenvalue weighted by molar-refractivity contribution is -0.139. The molecule has 2 N–H and O–H groups in total. The Morgan fingerprint density at radius 2 is 2.00 bits per heavy atom. The van der Waals surface area contributed by atoms with Crippen LogP contribution in [0.25, 0.3) is 0 Å². The smallest absolute Gasteiger partial charge is 0.416 e. The van der Waals surface area contributed by atoms with Crippen LogP contribution >= 0.6 is 11.6 Å². The third kappa shape index (κ3) is 3.21. The molecule has 1 fully saturated rings. The van der Waals surface area contributed by atoms with Gasteiger partial charge in [0.1, 0.15) is 6.04 Å². The molecule has 1 aliphatic heterocycles. The Balaban J connectivity index is 2.40. The molecule has 0 aliphatic carbocycles. The van der Waals surface area contributed by atoms with Gasteiger partial charge in [-0.2, -0.15) is 13.2 Å². The van der Waals surface area contributed by atoms with E-state index >= 15 is 0 Å². The highest BCUT2D eigenvalue weighted by molar-refractivity contribution is 7.92. The largest absolute Gasteiger partial charge is 0.480 e. The zero-order chi connectivity index (χ0) is 16.7. The van der Waals surface area contributed by atoms with Crippen LogP contribution in [0.5, 0.6) is 0 Å². The molecule has 0 aromatic heterocycles. The van der Waals surface area contributed by atoms with Crippen molar-refractivity contribution < 1.29 is 31.5 Å². The Kier molecular flexibility index (Phi) is 4.42. The van der Waals surface area contributed by atoms with Gasteiger partial charge in [-0.25, -0.2) is 8.42 Å². The fraction of sp³-hybridized carbons (Fsp3) is 0.417. The number of aliphatic carboxylic acids is 1. The highest BCUT2D eigenvalue weighted by Gasteiger charge is 2.40. The van der Waals surface area contributed by atoms with Gasteiger partial charge in [0.25, 0.3) is 0 Å². The fourth-order valence-corrected chi connectivity index (χ4v) is 4.40. The molecule has 1 aromatic rings. The number of alkyl halides is 3. The van der Waals surface area contributed by atoms with E-state index in [0.29, 0.717) is 12.1 Å². The van der Waals surface area contributed by atoms with Crippen LogP contribution in [0.1, 0.15) is 12.0 Å². The van der Waals surface area contributed by atoms with Crippen molar-refractivity contribution in [3.05, 3.63) is 28.8 Å². The number of sulfone groups is 1. The first-order valence-electron chi connectivity index (χ1n) is 6.10. The molecule has 1 aromatic carbocycles. The third-order valence-corrected chi connectivity index (χ3v) is 6.02. The molecule has 0 unspecified atom stereocenters. The van der Waals surface area contributed by atoms with Crippen LogP contribution < -0.4 is 5.32 Å². The quantitative estimate of drug-likeness (QED) is 0.864. The summed E-state index contributed by atoms with van der Waals surface area (Å²) in [4.78, 5) is 10.2. The number of carboxylic acid groups (broad SMARTS) is 1. The molecule has 0 radical (unpaired) electrons. The molecule has 122 valence electrons. The number of rotatable bonds is 3. The van der Waals surface area contributed by atoms with Crippen molar-refractivity contribution in [3.8, 4) is 0 Å². The van der Waals surface area contributed by atoms with Crippen molar-refractivity contribution in [2.75, 3.05) is 6.54 Å². The number of hydrogen-bond donors (Lipinski definition) is 2. The van der Waals surface area contributed by atoms with Crippen molar-refractivity contribution in [1.82, 2.24) is 5.32 Å². The van der Waals surface area contributed by atoms with Crippen LogP contribution in [0.2, 0.25) is 5.02 Å². The second-order valence-corrected chi connectivity index (χ2v) is 7.45. The minimum atomic E-state index is -4.70. The van der Waals surface area contributed by atoms with Gasteiger partial charge in [-0.15, -0.1) is 0 Å². The standard InChI is InChI=1S/C12H11ClF3NO4S/c13-8-2-1-6(12(14,15)16)3-10(8)22(20,21)7-4-9(11(18)19)17-5-7/h1-3,7,9,17H,4-5H2,(H,18,19)/t7-,9+/m1/s1. The maximum absolute atomic E-state index is 12.7. The van der Waals surface area contributed by atoms with Crippen molar-refractivity contribution in [2.24, 2.45) is 0 Å². The highest BCUT2D eigenvalue weighted by Crippen LogP contribution is 2.35. The van der Waals surface area contributed by atoms with E-state index in [0.717, 1.165) is 6.07 Å². The van der Waals surface area contributed by atoms with Crippen molar-refractivity contribution in [2.45, 2.75) is 28.8 Å². The van der Waals surface area contributed by atoms with Gasteiger partial charge in [0, 0.05) is 6.54 Å². The van der Waals surface area contributed by atoms with Gasteiger partial charge in [0.05, 0.1) is 20.7 Å². The van der Waals surface area contributed by atoms with Crippen molar-refractivity contribution >= 4 is 27.4 Å². The summed E-state index contributed by atoms with van der Waals surface area (Å²) in [5.74, 6) is -1.21. The molecule has 10 heteroatoms. The van der Waals surface area contributed by atoms with E-state index in [1.165, 1.54) is 0 Å². The number of hydrogen-bond acceptors (Lipinski definition) is 4. The van der Waals surface area contributed by atoms with Gasteiger partial charge in [-0.05, 0) is 24.6 Å². The molecular formula is C12H11ClF3NO4S. The Hall–Kier alpha value is -1.32. The van der Waals surface area contributed by atoms with Crippen LogP contribution in [0.3, 0.4) is 0 Å². The summed E-state index contributed by atoms with van der Waals surface area (Å²) in [7, 11) is -4.18. The van der Waals surface area contributed by atoms with Crippen LogP contribution in [-0.4, -0.2) is 37.3 Å². The molecular weight excluding hydrogens is 347 g/mol. The first kappa shape index (κ1) is 17.0. The normalized spacial score (nSPS) is 22.7. The number of carboxylic acids is 1. The van der Waals surface area contributed by atoms with Crippen LogP contribution in [0.4, 0.5) is 13.2 Å². The van der Waals surface area contributed by atoms with E-state index in [1.54, 1.807) is 0 Å². The molecule has 22 heavy (non-hydrogen) atoms. The molecule has 1 aliphatic rings. The van der Waals surface area contributed by atoms with Crippen LogP contribution in [0.15, 0.2) is 23.1 Å². The molecule has 0 bridgehead atoms. The Bertz CT molecular complexity index is 705. The summed E-state index contributed by atoms with van der Waals surface area (Å²) >= 11 is 5.72. The lowest BCUT2D eigenvalue weighted by Crippen LogP contribution is -2.30. The van der Waals surface area contributed by atoms with E-state index in [4.69, 9.17) is 16.7 Å².